The number of carbonyl (C=O) groups excluding carboxylic acids is 5. The van der Waals surface area contributed by atoms with E-state index in [1.54, 1.807) is 36.2 Å². The van der Waals surface area contributed by atoms with E-state index in [-0.39, 0.29) is 50.4 Å². The van der Waals surface area contributed by atoms with Crippen molar-refractivity contribution in [2.24, 2.45) is 0 Å². The van der Waals surface area contributed by atoms with Crippen molar-refractivity contribution < 1.29 is 47.7 Å². The van der Waals surface area contributed by atoms with Crippen LogP contribution in [0.4, 0.5) is 4.79 Å². The Morgan fingerprint density at radius 2 is 1.00 bits per heavy atom. The zero-order valence-corrected chi connectivity index (χ0v) is 47.9. The molecule has 0 spiro atoms. The van der Waals surface area contributed by atoms with Crippen molar-refractivity contribution in [3.05, 3.63) is 99.0 Å². The summed E-state index contributed by atoms with van der Waals surface area (Å²) in [6.07, 6.45) is 30.8. The fourth-order valence-electron chi connectivity index (χ4n) is 9.99. The maximum atomic E-state index is 13.4. The van der Waals surface area contributed by atoms with Crippen LogP contribution in [-0.4, -0.2) is 61.2 Å². The van der Waals surface area contributed by atoms with Crippen LogP contribution in [-0.2, 0) is 44.7 Å². The van der Waals surface area contributed by atoms with Crippen LogP contribution in [0, 0.1) is 0 Å². The number of hydrogen-bond acceptors (Lipinski definition) is 10. The minimum atomic E-state index is -1.09. The summed E-state index contributed by atoms with van der Waals surface area (Å²) >= 11 is 12.6. The van der Waals surface area contributed by atoms with Crippen molar-refractivity contribution in [3.8, 4) is 5.75 Å². The first-order valence-corrected chi connectivity index (χ1v) is 30.0. The van der Waals surface area contributed by atoms with E-state index >= 15 is 0 Å². The second-order valence-electron chi connectivity index (χ2n) is 20.9. The number of amides is 1. The van der Waals surface area contributed by atoms with Crippen molar-refractivity contribution >= 4 is 53.2 Å². The molecule has 0 heterocycles. The van der Waals surface area contributed by atoms with Crippen LogP contribution < -0.4 is 4.74 Å². The topological polar surface area (TPSA) is 135 Å². The summed E-state index contributed by atoms with van der Waals surface area (Å²) in [5.74, 6) is -2.32. The smallest absolute Gasteiger partial charge is 0.410 e. The van der Waals surface area contributed by atoms with Gasteiger partial charge in [0.05, 0.1) is 16.1 Å². The zero-order chi connectivity index (χ0) is 54.6. The molecule has 0 fully saturated rings. The fraction of sp³-hybridized carbons (Fsp3) is 0.635. The number of nitrogens with zero attached hydrogens (tertiary/aromatic N) is 1. The van der Waals surface area contributed by atoms with E-state index in [9.17, 15) is 24.0 Å². The van der Waals surface area contributed by atoms with Gasteiger partial charge in [-0.3, -0.25) is 19.2 Å². The van der Waals surface area contributed by atoms with Crippen LogP contribution in [0.5, 0.6) is 5.75 Å². The van der Waals surface area contributed by atoms with Gasteiger partial charge in [0.15, 0.2) is 6.10 Å². The Morgan fingerprint density at radius 1 is 0.526 bits per heavy atom. The van der Waals surface area contributed by atoms with Crippen LogP contribution in [0.3, 0.4) is 0 Å². The number of carbonyl (C=O) groups is 5. The molecule has 11 nitrogen and oxygen atoms in total. The predicted molar refractivity (Wildman–Crippen MR) is 304 cm³/mol. The molecule has 0 bridgehead atoms. The molecule has 1 aliphatic carbocycles. The zero-order valence-electron chi connectivity index (χ0n) is 46.4. The van der Waals surface area contributed by atoms with E-state index in [0.717, 1.165) is 68.1 Å². The molecule has 0 aromatic heterocycles. The number of fused-ring (bicyclic) bond motifs is 1. The van der Waals surface area contributed by atoms with Gasteiger partial charge in [0.2, 0.25) is 0 Å². The van der Waals surface area contributed by atoms with Crippen molar-refractivity contribution in [1.82, 2.24) is 4.90 Å². The summed E-state index contributed by atoms with van der Waals surface area (Å²) in [4.78, 5) is 66.4. The molecule has 4 rings (SSSR count). The van der Waals surface area contributed by atoms with Crippen LogP contribution in [0.1, 0.15) is 247 Å². The predicted octanol–water partition coefficient (Wildman–Crippen LogP) is 17.5. The molecule has 0 saturated heterocycles. The second-order valence-corrected chi connectivity index (χ2v) is 21.7. The molecule has 76 heavy (non-hydrogen) atoms. The first kappa shape index (κ1) is 63.9. The number of esters is 4. The lowest BCUT2D eigenvalue weighted by Gasteiger charge is -2.36. The summed E-state index contributed by atoms with van der Waals surface area (Å²) < 4.78 is 27.7. The maximum absolute atomic E-state index is 13.4. The van der Waals surface area contributed by atoms with E-state index in [1.807, 2.05) is 36.4 Å². The van der Waals surface area contributed by atoms with Gasteiger partial charge in [-0.1, -0.05) is 234 Å². The number of hydrogen-bond donors (Lipinski definition) is 0. The van der Waals surface area contributed by atoms with Crippen molar-refractivity contribution in [3.63, 3.8) is 0 Å². The van der Waals surface area contributed by atoms with Gasteiger partial charge in [0.25, 0.3) is 0 Å². The second kappa shape index (κ2) is 38.9. The summed E-state index contributed by atoms with van der Waals surface area (Å²) in [5.41, 5.74) is 3.91. The van der Waals surface area contributed by atoms with Gasteiger partial charge in [-0.15, -0.1) is 0 Å². The average molecular weight is 1090 g/mol. The Balaban J connectivity index is 1.18. The molecule has 3 aromatic carbocycles. The van der Waals surface area contributed by atoms with E-state index < -0.39 is 42.5 Å². The number of unbranched alkanes of at least 4 members (excludes halogenated alkanes) is 24. The highest BCUT2D eigenvalue weighted by atomic mass is 35.5. The van der Waals surface area contributed by atoms with Gasteiger partial charge in [0, 0.05) is 25.8 Å². The molecule has 1 amide bonds. The molecule has 0 aliphatic heterocycles. The Morgan fingerprint density at radius 3 is 1.49 bits per heavy atom. The maximum Gasteiger partial charge on any atom is 0.410 e. The van der Waals surface area contributed by atoms with Crippen LogP contribution >= 0.6 is 23.2 Å². The Bertz CT molecular complexity index is 2090. The van der Waals surface area contributed by atoms with Gasteiger partial charge >= 0.3 is 30.0 Å². The highest BCUT2D eigenvalue weighted by molar-refractivity contribution is 6.42. The molecule has 0 radical (unpaired) electrons. The molecular formula is C63H91Cl2NO10. The fourth-order valence-corrected chi connectivity index (χ4v) is 10.3. The highest BCUT2D eigenvalue weighted by Crippen LogP contribution is 2.44. The van der Waals surface area contributed by atoms with Crippen LogP contribution in [0.25, 0.3) is 0 Å². The monoisotopic (exact) mass is 1090 g/mol. The van der Waals surface area contributed by atoms with Gasteiger partial charge in [-0.25, -0.2) is 4.79 Å². The Kier molecular flexibility index (Phi) is 32.7. The van der Waals surface area contributed by atoms with Gasteiger partial charge < -0.3 is 28.6 Å². The summed E-state index contributed by atoms with van der Waals surface area (Å²) in [5, 5.41) is 1.01. The van der Waals surface area contributed by atoms with Gasteiger partial charge in [-0.2, -0.15) is 0 Å². The third kappa shape index (κ3) is 26.2. The molecular weight excluding hydrogens is 1000 g/mol. The summed E-state index contributed by atoms with van der Waals surface area (Å²) in [6, 6.07) is 20.1. The largest absolute Gasteiger partial charge is 0.462 e. The molecule has 0 saturated carbocycles. The van der Waals surface area contributed by atoms with E-state index in [2.05, 4.69) is 19.9 Å². The first-order chi connectivity index (χ1) is 37.0. The van der Waals surface area contributed by atoms with Crippen molar-refractivity contribution in [2.75, 3.05) is 20.3 Å². The normalized spacial score (nSPS) is 14.0. The Labute approximate surface area is 466 Å². The number of benzene rings is 3. The molecule has 0 N–H and O–H groups in total. The highest BCUT2D eigenvalue weighted by Gasteiger charge is 2.33. The molecule has 1 aliphatic rings. The van der Waals surface area contributed by atoms with Crippen LogP contribution in [0.2, 0.25) is 10.0 Å². The standard InChI is InChI=1S/C63H91Cl2NO10/c1-4-6-8-10-12-14-16-18-20-22-24-26-28-34-59(67)72-47-52(48-73-60(68)35-29-27-25-23-21-19-17-15-13-11-9-7-5-2)76-62(70)45-61(69)75-51-39-36-49(37-40-51)46-74-63(71)66(3)58-43-41-53(54-32-30-31-33-55(54)58)50-38-42-56(64)57(65)44-50/h30-33,36-40,42,44,52-53,58H,4-29,34-35,41,43,45-48H2,1-3H3/t53-,58-/m0/s1. The first-order valence-electron chi connectivity index (χ1n) is 29.2. The van der Waals surface area contributed by atoms with Gasteiger partial charge in [0.1, 0.15) is 32.0 Å². The quantitative estimate of drug-likeness (QED) is 0.0178. The van der Waals surface area contributed by atoms with Crippen molar-refractivity contribution in [1.29, 1.82) is 0 Å². The van der Waals surface area contributed by atoms with E-state index in [0.29, 0.717) is 28.5 Å². The Hall–Kier alpha value is -4.61. The lowest BCUT2D eigenvalue weighted by molar-refractivity contribution is -0.168. The third-order valence-electron chi connectivity index (χ3n) is 14.5. The third-order valence-corrected chi connectivity index (χ3v) is 15.2. The molecule has 3 aromatic rings. The number of halogens is 2. The summed E-state index contributed by atoms with van der Waals surface area (Å²) in [6.45, 7) is 3.86. The van der Waals surface area contributed by atoms with E-state index in [1.165, 1.54) is 116 Å². The molecule has 2 atom stereocenters. The minimum absolute atomic E-state index is 0.0146. The minimum Gasteiger partial charge on any atom is -0.462 e. The van der Waals surface area contributed by atoms with Crippen LogP contribution in [0.15, 0.2) is 66.7 Å². The molecule has 13 heteroatoms. The van der Waals surface area contributed by atoms with Crippen molar-refractivity contribution in [2.45, 2.75) is 238 Å². The average Bonchev–Trinajstić information content (AvgIpc) is 3.42. The number of rotatable bonds is 40. The van der Waals surface area contributed by atoms with Gasteiger partial charge in [-0.05, 0) is 72.2 Å². The lowest BCUT2D eigenvalue weighted by Crippen LogP contribution is -2.34. The molecule has 0 unspecified atom stereocenters. The SMILES string of the molecule is CCCCCCCCCCCCCCCC(=O)OCC(COC(=O)CCCCCCCCCCCCCCC)OC(=O)CC(=O)Oc1ccc(COC(=O)N(C)[C@H]2CC[C@@H](c3ccc(Cl)c(Cl)c3)c3ccccc32)cc1. The van der Waals surface area contributed by atoms with E-state index in [4.69, 9.17) is 46.9 Å². The number of ether oxygens (including phenoxy) is 5. The molecule has 422 valence electrons. The lowest BCUT2D eigenvalue weighted by atomic mass is 9.76. The summed E-state index contributed by atoms with van der Waals surface area (Å²) in [7, 11) is 1.74.